The van der Waals surface area contributed by atoms with Gasteiger partial charge in [-0.15, -0.1) is 0 Å². The van der Waals surface area contributed by atoms with E-state index in [9.17, 15) is 9.18 Å². The fourth-order valence-corrected chi connectivity index (χ4v) is 5.00. The van der Waals surface area contributed by atoms with E-state index in [0.717, 1.165) is 19.3 Å². The van der Waals surface area contributed by atoms with Crippen LogP contribution < -0.4 is 0 Å². The summed E-state index contributed by atoms with van der Waals surface area (Å²) in [5.74, 6) is -0.481. The van der Waals surface area contributed by atoms with Crippen LogP contribution in [0.15, 0.2) is 12.4 Å². The third kappa shape index (κ3) is 1.80. The average Bonchev–Trinajstić information content (AvgIpc) is 2.11. The van der Waals surface area contributed by atoms with Gasteiger partial charge in [0, 0.05) is 0 Å². The van der Waals surface area contributed by atoms with Crippen molar-refractivity contribution in [1.82, 2.24) is 0 Å². The Bertz CT molecular complexity index is 374. The van der Waals surface area contributed by atoms with E-state index in [4.69, 9.17) is 4.74 Å². The molecule has 0 aromatic carbocycles. The van der Waals surface area contributed by atoms with Crippen molar-refractivity contribution in [1.29, 1.82) is 0 Å². The van der Waals surface area contributed by atoms with Gasteiger partial charge in [-0.2, -0.15) is 4.39 Å². The predicted octanol–water partition coefficient (Wildman–Crippen LogP) is 3.37. The zero-order valence-electron chi connectivity index (χ0n) is 10.3. The Morgan fingerprint density at radius 2 is 1.88 bits per heavy atom. The molecule has 0 aromatic rings. The minimum Gasteiger partial charge on any atom is -0.454 e. The second-order valence-electron chi connectivity index (χ2n) is 6.75. The van der Waals surface area contributed by atoms with Gasteiger partial charge in [0.2, 0.25) is 5.83 Å². The lowest BCUT2D eigenvalue weighted by atomic mass is 9.48. The number of carbonyl (C=O) groups is 1. The Hall–Kier alpha value is -0.860. The number of rotatable bonds is 2. The van der Waals surface area contributed by atoms with Gasteiger partial charge >= 0.3 is 5.97 Å². The third-order valence-corrected chi connectivity index (χ3v) is 4.83. The second kappa shape index (κ2) is 3.33. The molecule has 4 aliphatic rings. The first-order valence-electron chi connectivity index (χ1n) is 6.48. The SMILES string of the molecule is C=C(F)C(=O)OC12CC3CC(CC(C)(C3)C1)C2. The van der Waals surface area contributed by atoms with Gasteiger partial charge in [-0.3, -0.25) is 0 Å². The highest BCUT2D eigenvalue weighted by atomic mass is 19.1. The monoisotopic (exact) mass is 238 g/mol. The molecule has 94 valence electrons. The Labute approximate surface area is 101 Å². The van der Waals surface area contributed by atoms with Crippen molar-refractivity contribution in [3.63, 3.8) is 0 Å². The summed E-state index contributed by atoms with van der Waals surface area (Å²) in [6, 6.07) is 0. The summed E-state index contributed by atoms with van der Waals surface area (Å²) in [4.78, 5) is 11.4. The number of hydrogen-bond acceptors (Lipinski definition) is 2. The van der Waals surface area contributed by atoms with Crippen LogP contribution in [0, 0.1) is 17.3 Å². The van der Waals surface area contributed by atoms with Crippen LogP contribution in [0.2, 0.25) is 0 Å². The largest absolute Gasteiger partial charge is 0.454 e. The Morgan fingerprint density at radius 1 is 1.29 bits per heavy atom. The molecule has 0 aliphatic heterocycles. The molecule has 0 N–H and O–H groups in total. The molecule has 2 nitrogen and oxygen atoms in total. The van der Waals surface area contributed by atoms with Crippen molar-refractivity contribution in [2.75, 3.05) is 0 Å². The molecular formula is C14H19FO2. The molecule has 0 radical (unpaired) electrons. The number of carbonyl (C=O) groups excluding carboxylic acids is 1. The summed E-state index contributed by atoms with van der Waals surface area (Å²) in [7, 11) is 0. The molecule has 0 amide bonds. The van der Waals surface area contributed by atoms with Crippen LogP contribution >= 0.6 is 0 Å². The van der Waals surface area contributed by atoms with Gasteiger partial charge in [-0.05, 0) is 55.8 Å². The van der Waals surface area contributed by atoms with E-state index in [1.54, 1.807) is 0 Å². The third-order valence-electron chi connectivity index (χ3n) is 4.83. The van der Waals surface area contributed by atoms with E-state index in [2.05, 4.69) is 13.5 Å². The van der Waals surface area contributed by atoms with Gasteiger partial charge in [0.05, 0.1) is 0 Å². The maximum atomic E-state index is 12.8. The van der Waals surface area contributed by atoms with Gasteiger partial charge in [-0.1, -0.05) is 13.5 Å². The maximum absolute atomic E-state index is 12.8. The minimum absolute atomic E-state index is 0.308. The topological polar surface area (TPSA) is 26.3 Å². The highest BCUT2D eigenvalue weighted by Crippen LogP contribution is 2.62. The summed E-state index contributed by atoms with van der Waals surface area (Å²) in [6.07, 6.45) is 6.53. The molecule has 0 saturated heterocycles. The summed E-state index contributed by atoms with van der Waals surface area (Å²) >= 11 is 0. The van der Waals surface area contributed by atoms with Crippen LogP contribution in [0.3, 0.4) is 0 Å². The lowest BCUT2D eigenvalue weighted by Crippen LogP contribution is -2.56. The zero-order chi connectivity index (χ0) is 12.3. The van der Waals surface area contributed by atoms with Gasteiger partial charge in [0.1, 0.15) is 5.60 Å². The van der Waals surface area contributed by atoms with Crippen LogP contribution in [0.5, 0.6) is 0 Å². The predicted molar refractivity (Wildman–Crippen MR) is 61.9 cm³/mol. The van der Waals surface area contributed by atoms with E-state index in [-0.39, 0.29) is 5.60 Å². The molecule has 0 spiro atoms. The Kier molecular flexibility index (Phi) is 2.20. The van der Waals surface area contributed by atoms with Crippen LogP contribution in [0.4, 0.5) is 4.39 Å². The van der Waals surface area contributed by atoms with Crippen molar-refractivity contribution in [2.24, 2.45) is 17.3 Å². The highest BCUT2D eigenvalue weighted by molar-refractivity contribution is 5.85. The van der Waals surface area contributed by atoms with Gasteiger partial charge in [0.25, 0.3) is 0 Å². The minimum atomic E-state index is -0.967. The van der Waals surface area contributed by atoms with Crippen molar-refractivity contribution in [3.05, 3.63) is 12.4 Å². The molecule has 2 atom stereocenters. The normalized spacial score (nSPS) is 46.9. The molecule has 3 heteroatoms. The van der Waals surface area contributed by atoms with Crippen molar-refractivity contribution >= 4 is 5.97 Å². The zero-order valence-corrected chi connectivity index (χ0v) is 10.3. The molecule has 4 rings (SSSR count). The van der Waals surface area contributed by atoms with Gasteiger partial charge in [-0.25, -0.2) is 4.79 Å². The molecular weight excluding hydrogens is 219 g/mol. The first-order valence-corrected chi connectivity index (χ1v) is 6.48. The molecule has 4 bridgehead atoms. The highest BCUT2D eigenvalue weighted by Gasteiger charge is 2.57. The lowest BCUT2D eigenvalue weighted by molar-refractivity contribution is -0.196. The van der Waals surface area contributed by atoms with E-state index in [0.29, 0.717) is 17.3 Å². The lowest BCUT2D eigenvalue weighted by Gasteiger charge is -2.60. The van der Waals surface area contributed by atoms with Crippen LogP contribution in [-0.2, 0) is 9.53 Å². The molecule has 4 fully saturated rings. The second-order valence-corrected chi connectivity index (χ2v) is 6.75. The van der Waals surface area contributed by atoms with Crippen LogP contribution in [0.25, 0.3) is 0 Å². The van der Waals surface area contributed by atoms with Crippen molar-refractivity contribution in [2.45, 2.75) is 51.0 Å². The molecule has 4 saturated carbocycles. The van der Waals surface area contributed by atoms with E-state index in [1.165, 1.54) is 19.3 Å². The molecule has 17 heavy (non-hydrogen) atoms. The number of hydrogen-bond donors (Lipinski definition) is 0. The molecule has 2 unspecified atom stereocenters. The van der Waals surface area contributed by atoms with Crippen LogP contribution in [-0.4, -0.2) is 11.6 Å². The quantitative estimate of drug-likeness (QED) is 0.544. The standard InChI is InChI=1S/C14H19FO2/c1-9(15)12(16)17-14-6-10-3-11(7-14)5-13(2,4-10)8-14/h10-11H,1,3-8H2,2H3. The summed E-state index contributed by atoms with van der Waals surface area (Å²) in [5, 5.41) is 0. The molecule has 0 aromatic heterocycles. The average molecular weight is 238 g/mol. The van der Waals surface area contributed by atoms with Crippen LogP contribution in [0.1, 0.15) is 45.4 Å². The fourth-order valence-electron chi connectivity index (χ4n) is 5.00. The number of esters is 1. The Morgan fingerprint density at radius 3 is 2.35 bits per heavy atom. The van der Waals surface area contributed by atoms with E-state index >= 15 is 0 Å². The van der Waals surface area contributed by atoms with E-state index in [1.807, 2.05) is 0 Å². The maximum Gasteiger partial charge on any atom is 0.367 e. The summed E-state index contributed by atoms with van der Waals surface area (Å²) < 4.78 is 18.3. The fraction of sp³-hybridized carbons (Fsp3) is 0.786. The first-order chi connectivity index (χ1) is 7.90. The molecule has 0 heterocycles. The Balaban J connectivity index is 1.83. The van der Waals surface area contributed by atoms with Gasteiger partial charge in [0.15, 0.2) is 0 Å². The summed E-state index contributed by atoms with van der Waals surface area (Å²) in [5.41, 5.74) is -0.0764. The number of halogens is 1. The van der Waals surface area contributed by atoms with Crippen molar-refractivity contribution in [3.8, 4) is 0 Å². The van der Waals surface area contributed by atoms with E-state index < -0.39 is 11.8 Å². The molecule has 4 aliphatic carbocycles. The smallest absolute Gasteiger partial charge is 0.367 e. The number of ether oxygens (including phenoxy) is 1. The summed E-state index contributed by atoms with van der Waals surface area (Å²) in [6.45, 7) is 5.32. The first kappa shape index (κ1) is 11.2. The van der Waals surface area contributed by atoms with Crippen molar-refractivity contribution < 1.29 is 13.9 Å². The van der Waals surface area contributed by atoms with Gasteiger partial charge < -0.3 is 4.74 Å².